The summed E-state index contributed by atoms with van der Waals surface area (Å²) in [5.74, 6) is 0.986. The van der Waals surface area contributed by atoms with Crippen molar-refractivity contribution in [2.45, 2.75) is 26.8 Å². The van der Waals surface area contributed by atoms with Crippen LogP contribution in [0.15, 0.2) is 42.5 Å². The van der Waals surface area contributed by atoms with Gasteiger partial charge in [-0.2, -0.15) is 0 Å². The quantitative estimate of drug-likeness (QED) is 0.631. The van der Waals surface area contributed by atoms with Gasteiger partial charge in [0.1, 0.15) is 24.1 Å². The summed E-state index contributed by atoms with van der Waals surface area (Å²) in [6.07, 6.45) is 1.10. The molecule has 1 N–H and O–H groups in total. The SMILES string of the molecule is COc1ccc(OCCNC(=O)[C@@H](C)N(c2ccc(C)c(C)c2)S(C)(=O)=O)cc1. The third kappa shape index (κ3) is 6.12. The van der Waals surface area contributed by atoms with Crippen LogP contribution in [0.4, 0.5) is 5.69 Å². The van der Waals surface area contributed by atoms with Gasteiger partial charge >= 0.3 is 0 Å². The first-order valence-electron chi connectivity index (χ1n) is 9.24. The zero-order valence-electron chi connectivity index (χ0n) is 17.4. The molecule has 0 spiro atoms. The normalized spacial score (nSPS) is 12.2. The smallest absolute Gasteiger partial charge is 0.243 e. The van der Waals surface area contributed by atoms with Crippen molar-refractivity contribution in [2.75, 3.05) is 30.8 Å². The molecule has 1 amide bonds. The Kier molecular flexibility index (Phi) is 7.50. The molecule has 2 aromatic carbocycles. The average Bonchev–Trinajstić information content (AvgIpc) is 2.67. The molecule has 0 radical (unpaired) electrons. The average molecular weight is 421 g/mol. The number of aryl methyl sites for hydroxylation is 2. The van der Waals surface area contributed by atoms with Crippen molar-refractivity contribution in [1.82, 2.24) is 5.32 Å². The first-order chi connectivity index (χ1) is 13.6. The van der Waals surface area contributed by atoms with E-state index in [1.54, 1.807) is 50.4 Å². The monoisotopic (exact) mass is 420 g/mol. The molecule has 0 aliphatic rings. The highest BCUT2D eigenvalue weighted by molar-refractivity contribution is 7.92. The molecule has 0 saturated carbocycles. The van der Waals surface area contributed by atoms with E-state index >= 15 is 0 Å². The lowest BCUT2D eigenvalue weighted by molar-refractivity contribution is -0.121. The van der Waals surface area contributed by atoms with Crippen molar-refractivity contribution in [3.8, 4) is 11.5 Å². The number of methoxy groups -OCH3 is 1. The molecule has 2 rings (SSSR count). The number of hydrogen-bond donors (Lipinski definition) is 1. The summed E-state index contributed by atoms with van der Waals surface area (Å²) in [5, 5.41) is 2.73. The number of rotatable bonds is 9. The van der Waals surface area contributed by atoms with Gasteiger partial charge in [0.25, 0.3) is 0 Å². The zero-order chi connectivity index (χ0) is 21.6. The van der Waals surface area contributed by atoms with E-state index in [1.807, 2.05) is 19.9 Å². The maximum atomic E-state index is 12.6. The molecule has 8 heteroatoms. The van der Waals surface area contributed by atoms with Gasteiger partial charge < -0.3 is 14.8 Å². The Morgan fingerprint density at radius 3 is 2.24 bits per heavy atom. The number of ether oxygens (including phenoxy) is 2. The van der Waals surface area contributed by atoms with Gasteiger partial charge in [-0.05, 0) is 68.3 Å². The Morgan fingerprint density at radius 1 is 1.07 bits per heavy atom. The van der Waals surface area contributed by atoms with Crippen LogP contribution >= 0.6 is 0 Å². The van der Waals surface area contributed by atoms with Crippen molar-refractivity contribution in [2.24, 2.45) is 0 Å². The molecule has 0 saturated heterocycles. The molecule has 0 fully saturated rings. The predicted octanol–water partition coefficient (Wildman–Crippen LogP) is 2.66. The van der Waals surface area contributed by atoms with Crippen LogP contribution in [0.1, 0.15) is 18.1 Å². The molecule has 0 aromatic heterocycles. The summed E-state index contributed by atoms with van der Waals surface area (Å²) in [5.41, 5.74) is 2.47. The van der Waals surface area contributed by atoms with Gasteiger partial charge in [-0.3, -0.25) is 9.10 Å². The zero-order valence-corrected chi connectivity index (χ0v) is 18.2. The lowest BCUT2D eigenvalue weighted by atomic mass is 10.1. The number of carbonyl (C=O) groups is 1. The highest BCUT2D eigenvalue weighted by atomic mass is 32.2. The van der Waals surface area contributed by atoms with Crippen LogP contribution in [-0.4, -0.2) is 46.9 Å². The molecule has 29 heavy (non-hydrogen) atoms. The number of hydrogen-bond acceptors (Lipinski definition) is 5. The summed E-state index contributed by atoms with van der Waals surface area (Å²) < 4.78 is 36.5. The molecule has 0 aliphatic carbocycles. The summed E-state index contributed by atoms with van der Waals surface area (Å²) >= 11 is 0. The largest absolute Gasteiger partial charge is 0.497 e. The second-order valence-corrected chi connectivity index (χ2v) is 8.68. The first-order valence-corrected chi connectivity index (χ1v) is 11.1. The van der Waals surface area contributed by atoms with Gasteiger partial charge in [0.05, 0.1) is 25.6 Å². The van der Waals surface area contributed by atoms with E-state index in [0.717, 1.165) is 27.4 Å². The van der Waals surface area contributed by atoms with Crippen LogP contribution in [0.25, 0.3) is 0 Å². The first kappa shape index (κ1) is 22.5. The third-order valence-electron chi connectivity index (χ3n) is 4.56. The lowest BCUT2D eigenvalue weighted by Crippen LogP contribution is -2.48. The summed E-state index contributed by atoms with van der Waals surface area (Å²) in [6, 6.07) is 11.5. The summed E-state index contributed by atoms with van der Waals surface area (Å²) in [6.45, 7) is 5.92. The highest BCUT2D eigenvalue weighted by Crippen LogP contribution is 2.23. The molecule has 2 aromatic rings. The third-order valence-corrected chi connectivity index (χ3v) is 5.80. The van der Waals surface area contributed by atoms with Crippen molar-refractivity contribution in [3.63, 3.8) is 0 Å². The number of nitrogens with zero attached hydrogens (tertiary/aromatic N) is 1. The maximum absolute atomic E-state index is 12.6. The number of amides is 1. The number of sulfonamides is 1. The van der Waals surface area contributed by atoms with Crippen LogP contribution in [0, 0.1) is 13.8 Å². The Bertz CT molecular complexity index is 942. The van der Waals surface area contributed by atoms with Crippen molar-refractivity contribution < 1.29 is 22.7 Å². The number of nitrogens with one attached hydrogen (secondary N) is 1. The van der Waals surface area contributed by atoms with Crippen LogP contribution in [0.2, 0.25) is 0 Å². The van der Waals surface area contributed by atoms with Crippen LogP contribution < -0.4 is 19.1 Å². The lowest BCUT2D eigenvalue weighted by Gasteiger charge is -2.28. The van der Waals surface area contributed by atoms with Crippen molar-refractivity contribution >= 4 is 21.6 Å². The standard InChI is InChI=1S/C21H28N2O5S/c1-15-6-7-18(14-16(15)2)23(29(5,25)26)17(3)21(24)22-12-13-28-20-10-8-19(27-4)9-11-20/h6-11,14,17H,12-13H2,1-5H3,(H,22,24)/t17-/m1/s1. The Balaban J connectivity index is 1.98. The topological polar surface area (TPSA) is 84.9 Å². The summed E-state index contributed by atoms with van der Waals surface area (Å²) in [7, 11) is -2.06. The number of benzene rings is 2. The van der Waals surface area contributed by atoms with Crippen LogP contribution in [-0.2, 0) is 14.8 Å². The maximum Gasteiger partial charge on any atom is 0.243 e. The van der Waals surface area contributed by atoms with E-state index < -0.39 is 22.0 Å². The molecule has 1 atom stereocenters. The van der Waals surface area contributed by atoms with Gasteiger partial charge in [-0.1, -0.05) is 6.07 Å². The van der Waals surface area contributed by atoms with Gasteiger partial charge in [0.2, 0.25) is 15.9 Å². The van der Waals surface area contributed by atoms with E-state index in [2.05, 4.69) is 5.32 Å². The van der Waals surface area contributed by atoms with E-state index in [0.29, 0.717) is 11.4 Å². The molecular formula is C21H28N2O5S. The molecule has 7 nitrogen and oxygen atoms in total. The number of carbonyl (C=O) groups excluding carboxylic acids is 1. The van der Waals surface area contributed by atoms with E-state index in [9.17, 15) is 13.2 Å². The highest BCUT2D eigenvalue weighted by Gasteiger charge is 2.29. The van der Waals surface area contributed by atoms with Gasteiger partial charge in [0, 0.05) is 0 Å². The predicted molar refractivity (Wildman–Crippen MR) is 114 cm³/mol. The van der Waals surface area contributed by atoms with Gasteiger partial charge in [-0.15, -0.1) is 0 Å². The minimum atomic E-state index is -3.64. The van der Waals surface area contributed by atoms with E-state index in [4.69, 9.17) is 9.47 Å². The Hall–Kier alpha value is -2.74. The Labute approximate surface area is 172 Å². The second kappa shape index (κ2) is 9.65. The molecule has 0 heterocycles. The van der Waals surface area contributed by atoms with Gasteiger partial charge in [0.15, 0.2) is 0 Å². The summed E-state index contributed by atoms with van der Waals surface area (Å²) in [4.78, 5) is 12.6. The minimum absolute atomic E-state index is 0.250. The molecule has 0 bridgehead atoms. The fourth-order valence-electron chi connectivity index (χ4n) is 2.83. The van der Waals surface area contributed by atoms with E-state index in [-0.39, 0.29) is 13.2 Å². The molecular weight excluding hydrogens is 392 g/mol. The molecule has 0 unspecified atom stereocenters. The molecule has 158 valence electrons. The van der Waals surface area contributed by atoms with Crippen molar-refractivity contribution in [3.05, 3.63) is 53.6 Å². The van der Waals surface area contributed by atoms with Gasteiger partial charge in [-0.25, -0.2) is 8.42 Å². The van der Waals surface area contributed by atoms with E-state index in [1.165, 1.54) is 0 Å². The number of anilines is 1. The minimum Gasteiger partial charge on any atom is -0.497 e. The molecule has 0 aliphatic heterocycles. The fourth-order valence-corrected chi connectivity index (χ4v) is 4.00. The van der Waals surface area contributed by atoms with Crippen LogP contribution in [0.5, 0.6) is 11.5 Å². The fraction of sp³-hybridized carbons (Fsp3) is 0.381. The Morgan fingerprint density at radius 2 is 1.69 bits per heavy atom. The van der Waals surface area contributed by atoms with Crippen molar-refractivity contribution in [1.29, 1.82) is 0 Å². The second-order valence-electron chi connectivity index (χ2n) is 6.82. The van der Waals surface area contributed by atoms with Crippen LogP contribution in [0.3, 0.4) is 0 Å².